The van der Waals surface area contributed by atoms with Crippen molar-refractivity contribution >= 4 is 27.3 Å². The van der Waals surface area contributed by atoms with Crippen molar-refractivity contribution in [3.05, 3.63) is 48.0 Å². The number of amides is 1. The van der Waals surface area contributed by atoms with Crippen molar-refractivity contribution < 1.29 is 17.9 Å². The quantitative estimate of drug-likeness (QED) is 0.708. The molecule has 2 N–H and O–H groups in total. The Morgan fingerprint density at radius 2 is 1.70 bits per heavy atom. The molecule has 0 saturated carbocycles. The zero-order chi connectivity index (χ0) is 20.0. The van der Waals surface area contributed by atoms with Crippen LogP contribution in [-0.4, -0.2) is 21.4 Å². The van der Waals surface area contributed by atoms with Gasteiger partial charge in [0.1, 0.15) is 5.75 Å². The van der Waals surface area contributed by atoms with Crippen LogP contribution < -0.4 is 14.8 Å². The van der Waals surface area contributed by atoms with Gasteiger partial charge < -0.3 is 10.1 Å². The maximum absolute atomic E-state index is 12.8. The SMILES string of the molecule is COc1ccc(NS(=O)(=O)c2cc(NC(=O)CCC(C)C)ccc2C)cc1. The molecule has 0 unspecified atom stereocenters. The molecule has 0 aliphatic heterocycles. The fraction of sp³-hybridized carbons (Fsp3) is 0.350. The lowest BCUT2D eigenvalue weighted by molar-refractivity contribution is -0.116. The summed E-state index contributed by atoms with van der Waals surface area (Å²) in [7, 11) is -2.24. The highest BCUT2D eigenvalue weighted by Gasteiger charge is 2.18. The first-order chi connectivity index (χ1) is 12.7. The molecule has 0 spiro atoms. The molecule has 0 radical (unpaired) electrons. The topological polar surface area (TPSA) is 84.5 Å². The van der Waals surface area contributed by atoms with Crippen molar-refractivity contribution in [1.29, 1.82) is 0 Å². The van der Waals surface area contributed by atoms with Gasteiger partial charge in [-0.05, 0) is 61.2 Å². The van der Waals surface area contributed by atoms with Crippen molar-refractivity contribution in [2.24, 2.45) is 5.92 Å². The summed E-state index contributed by atoms with van der Waals surface area (Å²) in [5.74, 6) is 0.942. The van der Waals surface area contributed by atoms with Crippen LogP contribution in [0.15, 0.2) is 47.4 Å². The van der Waals surface area contributed by atoms with E-state index in [9.17, 15) is 13.2 Å². The largest absolute Gasteiger partial charge is 0.497 e. The van der Waals surface area contributed by atoms with Crippen LogP contribution in [0.25, 0.3) is 0 Å². The van der Waals surface area contributed by atoms with Crippen LogP contribution in [-0.2, 0) is 14.8 Å². The summed E-state index contributed by atoms with van der Waals surface area (Å²) in [5.41, 5.74) is 1.49. The van der Waals surface area contributed by atoms with Gasteiger partial charge in [0.15, 0.2) is 0 Å². The molecule has 0 fully saturated rings. The number of carbonyl (C=O) groups is 1. The number of ether oxygens (including phenoxy) is 1. The van der Waals surface area contributed by atoms with Gasteiger partial charge in [-0.15, -0.1) is 0 Å². The molecule has 0 aliphatic carbocycles. The van der Waals surface area contributed by atoms with Gasteiger partial charge in [0.05, 0.1) is 12.0 Å². The zero-order valence-electron chi connectivity index (χ0n) is 16.1. The molecule has 0 atom stereocenters. The molecular weight excluding hydrogens is 364 g/mol. The van der Waals surface area contributed by atoms with E-state index in [-0.39, 0.29) is 10.8 Å². The predicted octanol–water partition coefficient (Wildman–Crippen LogP) is 4.18. The Labute approximate surface area is 161 Å². The number of benzene rings is 2. The summed E-state index contributed by atoms with van der Waals surface area (Å²) in [4.78, 5) is 12.2. The summed E-state index contributed by atoms with van der Waals surface area (Å²) in [6.07, 6.45) is 1.18. The Balaban J connectivity index is 2.18. The highest BCUT2D eigenvalue weighted by Crippen LogP contribution is 2.24. The van der Waals surface area contributed by atoms with E-state index in [2.05, 4.69) is 23.9 Å². The van der Waals surface area contributed by atoms with Crippen LogP contribution in [0.3, 0.4) is 0 Å². The number of rotatable bonds is 8. The highest BCUT2D eigenvalue weighted by atomic mass is 32.2. The van der Waals surface area contributed by atoms with Gasteiger partial charge in [0.2, 0.25) is 5.91 Å². The molecule has 0 aromatic heterocycles. The highest BCUT2D eigenvalue weighted by molar-refractivity contribution is 7.92. The minimum atomic E-state index is -3.79. The number of hydrogen-bond donors (Lipinski definition) is 2. The average Bonchev–Trinajstić information content (AvgIpc) is 2.62. The first-order valence-electron chi connectivity index (χ1n) is 8.78. The average molecular weight is 391 g/mol. The standard InChI is InChI=1S/C20H26N2O4S/c1-14(2)5-12-20(23)21-17-7-6-15(3)19(13-17)27(24,25)22-16-8-10-18(26-4)11-9-16/h6-11,13-14,22H,5,12H2,1-4H3,(H,21,23). The summed E-state index contributed by atoms with van der Waals surface area (Å²) in [5, 5.41) is 2.77. The second-order valence-electron chi connectivity index (χ2n) is 6.79. The summed E-state index contributed by atoms with van der Waals surface area (Å²) >= 11 is 0. The van der Waals surface area contributed by atoms with Crippen LogP contribution in [0.2, 0.25) is 0 Å². The maximum atomic E-state index is 12.8. The predicted molar refractivity (Wildman–Crippen MR) is 108 cm³/mol. The molecule has 27 heavy (non-hydrogen) atoms. The van der Waals surface area contributed by atoms with Crippen LogP contribution in [0.4, 0.5) is 11.4 Å². The molecule has 2 aromatic rings. The number of carbonyl (C=O) groups excluding carboxylic acids is 1. The molecule has 7 heteroatoms. The Kier molecular flexibility index (Phi) is 6.85. The van der Waals surface area contributed by atoms with E-state index in [0.29, 0.717) is 35.0 Å². The Bertz CT molecular complexity index is 891. The lowest BCUT2D eigenvalue weighted by Gasteiger charge is -2.13. The van der Waals surface area contributed by atoms with Crippen LogP contribution >= 0.6 is 0 Å². The van der Waals surface area contributed by atoms with E-state index in [0.717, 1.165) is 6.42 Å². The Morgan fingerprint density at radius 3 is 2.30 bits per heavy atom. The molecule has 0 aliphatic rings. The third-order valence-corrected chi connectivity index (χ3v) is 5.58. The molecule has 0 heterocycles. The van der Waals surface area contributed by atoms with Crippen molar-refractivity contribution in [2.45, 2.75) is 38.5 Å². The van der Waals surface area contributed by atoms with Crippen LogP contribution in [0.5, 0.6) is 5.75 Å². The summed E-state index contributed by atoms with van der Waals surface area (Å²) < 4.78 is 33.2. The van der Waals surface area contributed by atoms with Gasteiger partial charge in [-0.3, -0.25) is 9.52 Å². The molecule has 0 saturated heterocycles. The minimum Gasteiger partial charge on any atom is -0.497 e. The van der Waals surface area contributed by atoms with Gasteiger partial charge in [-0.25, -0.2) is 8.42 Å². The van der Waals surface area contributed by atoms with Gasteiger partial charge in [-0.2, -0.15) is 0 Å². The summed E-state index contributed by atoms with van der Waals surface area (Å²) in [6, 6.07) is 11.5. The fourth-order valence-corrected chi connectivity index (χ4v) is 3.81. The second-order valence-corrected chi connectivity index (χ2v) is 8.45. The third-order valence-electron chi connectivity index (χ3n) is 4.05. The number of anilines is 2. The van der Waals surface area contributed by atoms with Crippen molar-refractivity contribution in [2.75, 3.05) is 17.1 Å². The van der Waals surface area contributed by atoms with Gasteiger partial charge in [0.25, 0.3) is 10.0 Å². The van der Waals surface area contributed by atoms with E-state index in [1.165, 1.54) is 6.07 Å². The normalized spacial score (nSPS) is 11.3. The van der Waals surface area contributed by atoms with Gasteiger partial charge >= 0.3 is 0 Å². The molecule has 2 rings (SSSR count). The maximum Gasteiger partial charge on any atom is 0.262 e. The van der Waals surface area contributed by atoms with E-state index in [1.54, 1.807) is 50.4 Å². The van der Waals surface area contributed by atoms with E-state index >= 15 is 0 Å². The third kappa shape index (κ3) is 5.99. The molecule has 0 bridgehead atoms. The first-order valence-corrected chi connectivity index (χ1v) is 10.3. The number of hydrogen-bond acceptors (Lipinski definition) is 4. The fourth-order valence-electron chi connectivity index (χ4n) is 2.48. The van der Waals surface area contributed by atoms with Crippen LogP contribution in [0, 0.1) is 12.8 Å². The smallest absolute Gasteiger partial charge is 0.262 e. The zero-order valence-corrected chi connectivity index (χ0v) is 16.9. The molecule has 146 valence electrons. The lowest BCUT2D eigenvalue weighted by atomic mass is 10.1. The van der Waals surface area contributed by atoms with Crippen LogP contribution in [0.1, 0.15) is 32.3 Å². The van der Waals surface area contributed by atoms with E-state index < -0.39 is 10.0 Å². The monoisotopic (exact) mass is 390 g/mol. The number of nitrogens with one attached hydrogen (secondary N) is 2. The second kappa shape index (κ2) is 8.90. The molecule has 6 nitrogen and oxygen atoms in total. The number of sulfonamides is 1. The van der Waals surface area contributed by atoms with Gasteiger partial charge in [0, 0.05) is 17.8 Å². The first kappa shape index (κ1) is 20.8. The van der Waals surface area contributed by atoms with Crippen molar-refractivity contribution in [3.8, 4) is 5.75 Å². The molecule has 2 aromatic carbocycles. The Hall–Kier alpha value is -2.54. The Morgan fingerprint density at radius 1 is 1.07 bits per heavy atom. The van der Waals surface area contributed by atoms with E-state index in [4.69, 9.17) is 4.74 Å². The lowest BCUT2D eigenvalue weighted by Crippen LogP contribution is -2.16. The number of methoxy groups -OCH3 is 1. The number of aryl methyl sites for hydroxylation is 1. The van der Waals surface area contributed by atoms with Crippen molar-refractivity contribution in [3.63, 3.8) is 0 Å². The minimum absolute atomic E-state index is 0.125. The van der Waals surface area contributed by atoms with Crippen molar-refractivity contribution in [1.82, 2.24) is 0 Å². The summed E-state index contributed by atoms with van der Waals surface area (Å²) in [6.45, 7) is 5.82. The van der Waals surface area contributed by atoms with Gasteiger partial charge in [-0.1, -0.05) is 19.9 Å². The molecular formula is C20H26N2O4S. The van der Waals surface area contributed by atoms with E-state index in [1.807, 2.05) is 0 Å². The molecule has 1 amide bonds.